The number of carbonyl (C=O) groups is 1. The van der Waals surface area contributed by atoms with Gasteiger partial charge in [-0.3, -0.25) is 9.69 Å². The minimum Gasteiger partial charge on any atom is -0.355 e. The fourth-order valence-corrected chi connectivity index (χ4v) is 4.17. The summed E-state index contributed by atoms with van der Waals surface area (Å²) in [5.74, 6) is 2.49. The number of nitrogens with one attached hydrogen (secondary N) is 1. The van der Waals surface area contributed by atoms with Gasteiger partial charge in [0.2, 0.25) is 5.91 Å². The highest BCUT2D eigenvalue weighted by molar-refractivity contribution is 7.99. The Labute approximate surface area is 136 Å². The Morgan fingerprint density at radius 3 is 3.24 bits per heavy atom. The van der Waals surface area contributed by atoms with Crippen molar-refractivity contribution in [3.05, 3.63) is 22.4 Å². The summed E-state index contributed by atoms with van der Waals surface area (Å²) in [6, 6.07) is 4.33. The normalized spacial score (nSPS) is 19.6. The number of amides is 1. The first-order valence-corrected chi connectivity index (χ1v) is 9.90. The molecule has 1 atom stereocenters. The predicted octanol–water partition coefficient (Wildman–Crippen LogP) is 3.22. The van der Waals surface area contributed by atoms with Gasteiger partial charge in [0.05, 0.1) is 5.75 Å². The summed E-state index contributed by atoms with van der Waals surface area (Å²) in [4.78, 5) is 15.7. The van der Waals surface area contributed by atoms with E-state index in [2.05, 4.69) is 34.7 Å². The third-order valence-corrected chi connectivity index (χ3v) is 5.76. The smallest absolute Gasteiger partial charge is 0.230 e. The van der Waals surface area contributed by atoms with Crippen LogP contribution in [0.15, 0.2) is 17.5 Å². The van der Waals surface area contributed by atoms with Crippen LogP contribution in [-0.4, -0.2) is 41.9 Å². The monoisotopic (exact) mass is 326 g/mol. The minimum absolute atomic E-state index is 0.198. The van der Waals surface area contributed by atoms with E-state index >= 15 is 0 Å². The van der Waals surface area contributed by atoms with Gasteiger partial charge in [0.1, 0.15) is 0 Å². The second kappa shape index (κ2) is 9.49. The molecule has 2 heterocycles. The Kier molecular flexibility index (Phi) is 7.61. The maximum atomic E-state index is 11.8. The number of thiophene rings is 1. The quantitative estimate of drug-likeness (QED) is 0.745. The van der Waals surface area contributed by atoms with Crippen LogP contribution in [0.3, 0.4) is 0 Å². The SMILES string of the molecule is CCCSCC(=O)NC[C@H]1CCCN(Cc2cccs2)C1. The molecule has 0 unspecified atom stereocenters. The van der Waals surface area contributed by atoms with Crippen LogP contribution >= 0.6 is 23.1 Å². The highest BCUT2D eigenvalue weighted by atomic mass is 32.2. The Morgan fingerprint density at radius 1 is 1.57 bits per heavy atom. The minimum atomic E-state index is 0.198. The van der Waals surface area contributed by atoms with Crippen molar-refractivity contribution in [1.29, 1.82) is 0 Å². The molecule has 0 aromatic carbocycles. The van der Waals surface area contributed by atoms with Gasteiger partial charge in [-0.2, -0.15) is 11.8 Å². The molecular weight excluding hydrogens is 300 g/mol. The molecule has 1 aromatic heterocycles. The zero-order valence-corrected chi connectivity index (χ0v) is 14.5. The third-order valence-electron chi connectivity index (χ3n) is 3.73. The molecule has 1 aliphatic rings. The van der Waals surface area contributed by atoms with E-state index in [4.69, 9.17) is 0 Å². The molecule has 5 heteroatoms. The van der Waals surface area contributed by atoms with Crippen molar-refractivity contribution in [1.82, 2.24) is 10.2 Å². The summed E-state index contributed by atoms with van der Waals surface area (Å²) in [6.45, 7) is 6.35. The van der Waals surface area contributed by atoms with Crippen LogP contribution in [0.5, 0.6) is 0 Å². The van der Waals surface area contributed by atoms with E-state index < -0.39 is 0 Å². The van der Waals surface area contributed by atoms with Crippen molar-refractivity contribution < 1.29 is 4.79 Å². The number of likely N-dealkylation sites (tertiary alicyclic amines) is 1. The van der Waals surface area contributed by atoms with Crippen LogP contribution in [0, 0.1) is 5.92 Å². The average molecular weight is 327 g/mol. The van der Waals surface area contributed by atoms with Gasteiger partial charge in [-0.25, -0.2) is 0 Å². The maximum absolute atomic E-state index is 11.8. The van der Waals surface area contributed by atoms with Gasteiger partial charge in [-0.05, 0) is 48.9 Å². The van der Waals surface area contributed by atoms with E-state index in [1.165, 1.54) is 24.3 Å². The van der Waals surface area contributed by atoms with Gasteiger partial charge in [0, 0.05) is 24.5 Å². The molecule has 3 nitrogen and oxygen atoms in total. The first-order valence-electron chi connectivity index (χ1n) is 7.87. The Bertz CT molecular complexity index is 408. The molecule has 0 bridgehead atoms. The molecule has 1 aromatic rings. The Hall–Kier alpha value is -0.520. The number of hydrogen-bond donors (Lipinski definition) is 1. The lowest BCUT2D eigenvalue weighted by molar-refractivity contribution is -0.118. The largest absolute Gasteiger partial charge is 0.355 e. The van der Waals surface area contributed by atoms with Crippen molar-refractivity contribution in [3.63, 3.8) is 0 Å². The summed E-state index contributed by atoms with van der Waals surface area (Å²) in [5.41, 5.74) is 0. The van der Waals surface area contributed by atoms with Crippen LogP contribution in [0.2, 0.25) is 0 Å². The number of carbonyl (C=O) groups excluding carboxylic acids is 1. The predicted molar refractivity (Wildman–Crippen MR) is 92.9 cm³/mol. The van der Waals surface area contributed by atoms with Crippen molar-refractivity contribution in [2.24, 2.45) is 5.92 Å². The lowest BCUT2D eigenvalue weighted by Crippen LogP contribution is -2.40. The summed E-state index contributed by atoms with van der Waals surface area (Å²) >= 11 is 3.56. The number of piperidine rings is 1. The van der Waals surface area contributed by atoms with E-state index in [1.807, 2.05) is 11.3 Å². The molecule has 0 saturated carbocycles. The number of nitrogens with zero attached hydrogens (tertiary/aromatic N) is 1. The lowest BCUT2D eigenvalue weighted by atomic mass is 9.98. The summed E-state index contributed by atoms with van der Waals surface area (Å²) in [5, 5.41) is 5.25. The zero-order valence-electron chi connectivity index (χ0n) is 12.8. The van der Waals surface area contributed by atoms with Crippen LogP contribution in [0.4, 0.5) is 0 Å². The molecule has 0 radical (unpaired) electrons. The van der Waals surface area contributed by atoms with E-state index in [-0.39, 0.29) is 5.91 Å². The zero-order chi connectivity index (χ0) is 14.9. The molecule has 21 heavy (non-hydrogen) atoms. The molecular formula is C16H26N2OS2. The lowest BCUT2D eigenvalue weighted by Gasteiger charge is -2.32. The van der Waals surface area contributed by atoms with Crippen molar-refractivity contribution in [2.75, 3.05) is 31.1 Å². The number of thioether (sulfide) groups is 1. The van der Waals surface area contributed by atoms with Crippen LogP contribution in [-0.2, 0) is 11.3 Å². The van der Waals surface area contributed by atoms with E-state index in [9.17, 15) is 4.79 Å². The molecule has 1 amide bonds. The third kappa shape index (κ3) is 6.41. The van der Waals surface area contributed by atoms with Gasteiger partial charge in [0.25, 0.3) is 0 Å². The Morgan fingerprint density at radius 2 is 2.48 bits per heavy atom. The summed E-state index contributed by atoms with van der Waals surface area (Å²) < 4.78 is 0. The Balaban J connectivity index is 1.65. The second-order valence-electron chi connectivity index (χ2n) is 5.68. The van der Waals surface area contributed by atoms with Gasteiger partial charge in [-0.1, -0.05) is 13.0 Å². The molecule has 0 aliphatic carbocycles. The van der Waals surface area contributed by atoms with Gasteiger partial charge < -0.3 is 5.32 Å². The van der Waals surface area contributed by atoms with Crippen LogP contribution in [0.1, 0.15) is 31.1 Å². The topological polar surface area (TPSA) is 32.3 Å². The first kappa shape index (κ1) is 16.8. The van der Waals surface area contributed by atoms with Crippen LogP contribution in [0.25, 0.3) is 0 Å². The molecule has 1 saturated heterocycles. The fourth-order valence-electron chi connectivity index (χ4n) is 2.70. The van der Waals surface area contributed by atoms with E-state index in [0.29, 0.717) is 11.7 Å². The number of hydrogen-bond acceptors (Lipinski definition) is 4. The van der Waals surface area contributed by atoms with Gasteiger partial charge in [0.15, 0.2) is 0 Å². The number of rotatable bonds is 8. The maximum Gasteiger partial charge on any atom is 0.230 e. The molecule has 1 N–H and O–H groups in total. The summed E-state index contributed by atoms with van der Waals surface area (Å²) in [7, 11) is 0. The fraction of sp³-hybridized carbons (Fsp3) is 0.688. The van der Waals surface area contributed by atoms with E-state index in [0.717, 1.165) is 31.8 Å². The molecule has 1 fully saturated rings. The molecule has 1 aliphatic heterocycles. The van der Waals surface area contributed by atoms with Gasteiger partial charge >= 0.3 is 0 Å². The average Bonchev–Trinajstić information content (AvgIpc) is 2.99. The van der Waals surface area contributed by atoms with Crippen molar-refractivity contribution in [2.45, 2.75) is 32.7 Å². The summed E-state index contributed by atoms with van der Waals surface area (Å²) in [6.07, 6.45) is 3.62. The van der Waals surface area contributed by atoms with Crippen molar-refractivity contribution in [3.8, 4) is 0 Å². The molecule has 118 valence electrons. The second-order valence-corrected chi connectivity index (χ2v) is 7.82. The highest BCUT2D eigenvalue weighted by Crippen LogP contribution is 2.20. The highest BCUT2D eigenvalue weighted by Gasteiger charge is 2.20. The van der Waals surface area contributed by atoms with Crippen LogP contribution < -0.4 is 5.32 Å². The molecule has 0 spiro atoms. The molecule has 2 rings (SSSR count). The van der Waals surface area contributed by atoms with Crippen molar-refractivity contribution >= 4 is 29.0 Å². The van der Waals surface area contributed by atoms with E-state index in [1.54, 1.807) is 11.8 Å². The van der Waals surface area contributed by atoms with Gasteiger partial charge in [-0.15, -0.1) is 11.3 Å². The first-order chi connectivity index (χ1) is 10.3. The standard InChI is InChI=1S/C16H26N2OS2/c1-2-8-20-13-16(19)17-10-14-5-3-7-18(11-14)12-15-6-4-9-21-15/h4,6,9,14H,2-3,5,7-8,10-13H2,1H3,(H,17,19)/t14-/m1/s1.